The van der Waals surface area contributed by atoms with Gasteiger partial charge in [0.15, 0.2) is 0 Å². The summed E-state index contributed by atoms with van der Waals surface area (Å²) in [6.45, 7) is 5.38. The van der Waals surface area contributed by atoms with Crippen LogP contribution in [0, 0.1) is 11.3 Å². The number of piperidine rings is 1. The van der Waals surface area contributed by atoms with Crippen LogP contribution in [0.5, 0.6) is 0 Å². The molecule has 0 radical (unpaired) electrons. The highest BCUT2D eigenvalue weighted by atomic mass is 35.5. The molecular formula is C11H20ClNO2. The van der Waals surface area contributed by atoms with E-state index in [1.807, 2.05) is 18.7 Å². The fraction of sp³-hybridized carbons (Fsp3) is 0.909. The van der Waals surface area contributed by atoms with Crippen molar-refractivity contribution in [2.24, 2.45) is 11.3 Å². The van der Waals surface area contributed by atoms with Crippen molar-refractivity contribution in [1.29, 1.82) is 0 Å². The maximum atomic E-state index is 12.1. The third-order valence-corrected chi connectivity index (χ3v) is 3.65. The van der Waals surface area contributed by atoms with Gasteiger partial charge in [-0.05, 0) is 32.6 Å². The highest BCUT2D eigenvalue weighted by molar-refractivity contribution is 6.19. The normalized spacial score (nSPS) is 22.9. The second kappa shape index (κ2) is 5.17. The van der Waals surface area contributed by atoms with Gasteiger partial charge < -0.3 is 10.0 Å². The summed E-state index contributed by atoms with van der Waals surface area (Å²) in [6, 6.07) is 0. The Bertz CT molecular complexity index is 231. The Morgan fingerprint density at radius 3 is 2.80 bits per heavy atom. The summed E-state index contributed by atoms with van der Waals surface area (Å²) in [5, 5.41) is 9.09. The van der Waals surface area contributed by atoms with Crippen LogP contribution in [0.15, 0.2) is 0 Å². The van der Waals surface area contributed by atoms with Crippen molar-refractivity contribution in [2.75, 3.05) is 25.6 Å². The Balaban J connectivity index is 2.60. The molecule has 1 fully saturated rings. The van der Waals surface area contributed by atoms with Gasteiger partial charge >= 0.3 is 0 Å². The van der Waals surface area contributed by atoms with Gasteiger partial charge in [-0.15, -0.1) is 11.6 Å². The van der Waals surface area contributed by atoms with Crippen molar-refractivity contribution in [3.63, 3.8) is 0 Å². The number of amides is 1. The first-order chi connectivity index (χ1) is 7.01. The van der Waals surface area contributed by atoms with Gasteiger partial charge in [0.05, 0.1) is 5.41 Å². The van der Waals surface area contributed by atoms with E-state index in [0.717, 1.165) is 19.4 Å². The maximum Gasteiger partial charge on any atom is 0.229 e. The number of rotatable bonds is 3. The summed E-state index contributed by atoms with van der Waals surface area (Å²) in [4.78, 5) is 13.9. The number of aliphatic hydroxyl groups is 1. The molecule has 0 aromatic carbocycles. The molecule has 88 valence electrons. The van der Waals surface area contributed by atoms with Gasteiger partial charge in [0.1, 0.15) is 0 Å². The number of carbonyl (C=O) groups excluding carboxylic acids is 1. The number of nitrogens with zero attached hydrogens (tertiary/aromatic N) is 1. The zero-order valence-corrected chi connectivity index (χ0v) is 10.3. The van der Waals surface area contributed by atoms with E-state index < -0.39 is 5.41 Å². The Hall–Kier alpha value is -0.280. The van der Waals surface area contributed by atoms with Crippen molar-refractivity contribution < 1.29 is 9.90 Å². The highest BCUT2D eigenvalue weighted by Gasteiger charge is 2.33. The van der Waals surface area contributed by atoms with Crippen molar-refractivity contribution in [3.8, 4) is 0 Å². The van der Waals surface area contributed by atoms with Crippen LogP contribution in [-0.2, 0) is 4.79 Å². The van der Waals surface area contributed by atoms with Gasteiger partial charge in [-0.3, -0.25) is 4.79 Å². The molecule has 0 aliphatic carbocycles. The van der Waals surface area contributed by atoms with Gasteiger partial charge in [0, 0.05) is 25.6 Å². The fourth-order valence-electron chi connectivity index (χ4n) is 1.88. The molecule has 4 heteroatoms. The average molecular weight is 234 g/mol. The SMILES string of the molecule is CC(C)(CCl)C(=O)N1CCCC(CO)C1. The molecule has 1 aliphatic rings. The fourth-order valence-corrected chi connectivity index (χ4v) is 2.00. The molecule has 1 N–H and O–H groups in total. The standard InChI is InChI=1S/C11H20ClNO2/c1-11(2,8-12)10(15)13-5-3-4-9(6-13)7-14/h9,14H,3-8H2,1-2H3. The summed E-state index contributed by atoms with van der Waals surface area (Å²) in [5.74, 6) is 0.691. The van der Waals surface area contributed by atoms with Crippen LogP contribution in [0.4, 0.5) is 0 Å². The van der Waals surface area contributed by atoms with Crippen LogP contribution < -0.4 is 0 Å². The molecular weight excluding hydrogens is 214 g/mol. The van der Waals surface area contributed by atoms with E-state index >= 15 is 0 Å². The predicted molar refractivity (Wildman–Crippen MR) is 60.9 cm³/mol. The van der Waals surface area contributed by atoms with Gasteiger partial charge in [0.25, 0.3) is 0 Å². The van der Waals surface area contributed by atoms with Gasteiger partial charge in [-0.2, -0.15) is 0 Å². The third kappa shape index (κ3) is 3.08. The molecule has 1 amide bonds. The molecule has 1 atom stereocenters. The van der Waals surface area contributed by atoms with E-state index in [0.29, 0.717) is 12.4 Å². The first-order valence-electron chi connectivity index (χ1n) is 5.47. The Labute approximate surface area is 96.4 Å². The van der Waals surface area contributed by atoms with Gasteiger partial charge in [-0.25, -0.2) is 0 Å². The van der Waals surface area contributed by atoms with Crippen LogP contribution >= 0.6 is 11.6 Å². The van der Waals surface area contributed by atoms with Crippen molar-refractivity contribution in [3.05, 3.63) is 0 Å². The molecule has 1 heterocycles. The largest absolute Gasteiger partial charge is 0.396 e. The first kappa shape index (κ1) is 12.8. The van der Waals surface area contributed by atoms with Gasteiger partial charge in [-0.1, -0.05) is 0 Å². The first-order valence-corrected chi connectivity index (χ1v) is 6.01. The summed E-state index contributed by atoms with van der Waals surface area (Å²) in [6.07, 6.45) is 2.00. The highest BCUT2D eigenvalue weighted by Crippen LogP contribution is 2.24. The Morgan fingerprint density at radius 2 is 2.27 bits per heavy atom. The van der Waals surface area contributed by atoms with E-state index in [-0.39, 0.29) is 18.4 Å². The van der Waals surface area contributed by atoms with E-state index in [9.17, 15) is 4.79 Å². The van der Waals surface area contributed by atoms with E-state index in [2.05, 4.69) is 0 Å². The summed E-state index contributed by atoms with van der Waals surface area (Å²) < 4.78 is 0. The van der Waals surface area contributed by atoms with Crippen LogP contribution in [-0.4, -0.2) is 41.5 Å². The molecule has 0 saturated carbocycles. The third-order valence-electron chi connectivity index (χ3n) is 2.98. The number of likely N-dealkylation sites (tertiary alicyclic amines) is 1. The lowest BCUT2D eigenvalue weighted by molar-refractivity contribution is -0.141. The summed E-state index contributed by atoms with van der Waals surface area (Å²) >= 11 is 5.78. The van der Waals surface area contributed by atoms with Crippen LogP contribution in [0.3, 0.4) is 0 Å². The smallest absolute Gasteiger partial charge is 0.229 e. The molecule has 3 nitrogen and oxygen atoms in total. The molecule has 0 spiro atoms. The van der Waals surface area contributed by atoms with Crippen LogP contribution in [0.1, 0.15) is 26.7 Å². The molecule has 0 bridgehead atoms. The summed E-state index contributed by atoms with van der Waals surface area (Å²) in [5.41, 5.74) is -0.487. The number of hydrogen-bond acceptors (Lipinski definition) is 2. The lowest BCUT2D eigenvalue weighted by Crippen LogP contribution is -2.47. The Kier molecular flexibility index (Phi) is 4.41. The molecule has 0 aromatic heterocycles. The second-order valence-corrected chi connectivity index (χ2v) is 5.23. The quantitative estimate of drug-likeness (QED) is 0.751. The van der Waals surface area contributed by atoms with Gasteiger partial charge in [0.2, 0.25) is 5.91 Å². The Morgan fingerprint density at radius 1 is 1.60 bits per heavy atom. The molecule has 1 rings (SSSR count). The number of alkyl halides is 1. The van der Waals surface area contributed by atoms with E-state index in [1.165, 1.54) is 0 Å². The van der Waals surface area contributed by atoms with E-state index in [1.54, 1.807) is 0 Å². The topological polar surface area (TPSA) is 40.5 Å². The number of halogens is 1. The number of hydrogen-bond donors (Lipinski definition) is 1. The lowest BCUT2D eigenvalue weighted by Gasteiger charge is -2.36. The molecule has 15 heavy (non-hydrogen) atoms. The molecule has 0 aromatic rings. The second-order valence-electron chi connectivity index (χ2n) is 4.96. The minimum Gasteiger partial charge on any atom is -0.396 e. The zero-order valence-electron chi connectivity index (χ0n) is 9.50. The number of carbonyl (C=O) groups is 1. The number of aliphatic hydroxyl groups excluding tert-OH is 1. The van der Waals surface area contributed by atoms with Crippen LogP contribution in [0.2, 0.25) is 0 Å². The minimum atomic E-state index is -0.487. The van der Waals surface area contributed by atoms with Crippen molar-refractivity contribution >= 4 is 17.5 Å². The van der Waals surface area contributed by atoms with Crippen molar-refractivity contribution in [2.45, 2.75) is 26.7 Å². The monoisotopic (exact) mass is 233 g/mol. The molecule has 1 saturated heterocycles. The molecule has 1 aliphatic heterocycles. The minimum absolute atomic E-state index is 0.107. The zero-order chi connectivity index (χ0) is 11.5. The molecule has 1 unspecified atom stereocenters. The maximum absolute atomic E-state index is 12.1. The van der Waals surface area contributed by atoms with Crippen LogP contribution in [0.25, 0.3) is 0 Å². The van der Waals surface area contributed by atoms with Crippen molar-refractivity contribution in [1.82, 2.24) is 4.90 Å². The lowest BCUT2D eigenvalue weighted by atomic mass is 9.91. The van der Waals surface area contributed by atoms with E-state index in [4.69, 9.17) is 16.7 Å². The predicted octanol–water partition coefficient (Wildman–Crippen LogP) is 1.48. The summed E-state index contributed by atoms with van der Waals surface area (Å²) in [7, 11) is 0. The average Bonchev–Trinajstić information content (AvgIpc) is 2.28.